The molecule has 0 radical (unpaired) electrons. The lowest BCUT2D eigenvalue weighted by Crippen LogP contribution is -1.91. The number of phenols is 1. The smallest absolute Gasteiger partial charge is 0.261 e. The van der Waals surface area contributed by atoms with Crippen molar-refractivity contribution in [1.29, 1.82) is 0 Å². The summed E-state index contributed by atoms with van der Waals surface area (Å²) >= 11 is 1.86. The van der Waals surface area contributed by atoms with Crippen LogP contribution in [-0.4, -0.2) is 21.0 Å². The van der Waals surface area contributed by atoms with Gasteiger partial charge in [-0.3, -0.25) is 0 Å². The van der Waals surface area contributed by atoms with Crippen molar-refractivity contribution in [2.24, 2.45) is 0 Å². The Kier molecular flexibility index (Phi) is 3.07. The van der Waals surface area contributed by atoms with Crippen LogP contribution in [0.4, 0.5) is 0 Å². The van der Waals surface area contributed by atoms with Crippen LogP contribution in [0.5, 0.6) is 5.75 Å². The van der Waals surface area contributed by atoms with E-state index in [0.717, 1.165) is 28.8 Å². The first-order chi connectivity index (χ1) is 10.3. The van der Waals surface area contributed by atoms with Gasteiger partial charge in [-0.1, -0.05) is 29.4 Å². The second-order valence-electron chi connectivity index (χ2n) is 5.18. The zero-order valence-electron chi connectivity index (χ0n) is 11.3. The van der Waals surface area contributed by atoms with Gasteiger partial charge >= 0.3 is 0 Å². The number of nitrogens with zero attached hydrogens (tertiary/aromatic N) is 2. The summed E-state index contributed by atoms with van der Waals surface area (Å²) in [5, 5.41) is 16.6. The summed E-state index contributed by atoms with van der Waals surface area (Å²) in [5.41, 5.74) is 0.593. The van der Waals surface area contributed by atoms with Crippen molar-refractivity contribution in [3.8, 4) is 17.2 Å². The molecule has 0 bridgehead atoms. The van der Waals surface area contributed by atoms with Crippen LogP contribution in [-0.2, 0) is 0 Å². The van der Waals surface area contributed by atoms with Crippen molar-refractivity contribution in [1.82, 2.24) is 10.1 Å². The highest BCUT2D eigenvalue weighted by molar-refractivity contribution is 7.99. The monoisotopic (exact) mass is 298 g/mol. The molecule has 1 atom stereocenters. The molecular formula is C16H14N2O2S. The highest BCUT2D eigenvalue weighted by Crippen LogP contribution is 2.40. The average Bonchev–Trinajstić information content (AvgIpc) is 3.17. The van der Waals surface area contributed by atoms with E-state index in [4.69, 9.17) is 4.52 Å². The van der Waals surface area contributed by atoms with Crippen LogP contribution in [0.2, 0.25) is 0 Å². The van der Waals surface area contributed by atoms with E-state index >= 15 is 0 Å². The maximum atomic E-state index is 10.2. The second kappa shape index (κ2) is 5.07. The third-order valence-corrected chi connectivity index (χ3v) is 5.13. The van der Waals surface area contributed by atoms with E-state index in [2.05, 4.69) is 10.1 Å². The van der Waals surface area contributed by atoms with Crippen LogP contribution in [0.1, 0.15) is 23.9 Å². The molecule has 3 aromatic rings. The first-order valence-electron chi connectivity index (χ1n) is 6.98. The van der Waals surface area contributed by atoms with Gasteiger partial charge < -0.3 is 9.63 Å². The van der Waals surface area contributed by atoms with Crippen LogP contribution in [0, 0.1) is 0 Å². The lowest BCUT2D eigenvalue weighted by Gasteiger charge is -2.03. The first kappa shape index (κ1) is 12.7. The molecule has 1 aromatic heterocycles. The van der Waals surface area contributed by atoms with Crippen LogP contribution in [0.25, 0.3) is 22.2 Å². The Hall–Kier alpha value is -2.01. The van der Waals surface area contributed by atoms with E-state index in [-0.39, 0.29) is 5.75 Å². The molecule has 4 rings (SSSR count). The normalized spacial score (nSPS) is 18.4. The lowest BCUT2D eigenvalue weighted by molar-refractivity contribution is 0.416. The number of aromatic hydroxyl groups is 1. The van der Waals surface area contributed by atoms with Gasteiger partial charge in [0.05, 0.1) is 10.8 Å². The summed E-state index contributed by atoms with van der Waals surface area (Å²) < 4.78 is 5.36. The predicted octanol–water partition coefficient (Wildman–Crippen LogP) is 4.16. The molecule has 1 N–H and O–H groups in total. The average molecular weight is 298 g/mol. The maximum Gasteiger partial charge on any atom is 0.261 e. The number of aromatic nitrogens is 2. The van der Waals surface area contributed by atoms with Crippen LogP contribution < -0.4 is 0 Å². The van der Waals surface area contributed by atoms with Gasteiger partial charge in [0.25, 0.3) is 5.89 Å². The second-order valence-corrected chi connectivity index (χ2v) is 6.49. The summed E-state index contributed by atoms with van der Waals surface area (Å²) in [6.07, 6.45) is 2.29. The molecule has 5 heteroatoms. The molecule has 1 aliphatic heterocycles. The Labute approximate surface area is 126 Å². The molecule has 2 aromatic carbocycles. The Bertz CT molecular complexity index is 794. The highest BCUT2D eigenvalue weighted by atomic mass is 32.2. The van der Waals surface area contributed by atoms with Gasteiger partial charge in [0.2, 0.25) is 0 Å². The molecule has 106 valence electrons. The molecule has 0 spiro atoms. The van der Waals surface area contributed by atoms with Crippen molar-refractivity contribution in [3.63, 3.8) is 0 Å². The molecule has 4 nitrogen and oxygen atoms in total. The fraction of sp³-hybridized carbons (Fsp3) is 0.250. The zero-order valence-corrected chi connectivity index (χ0v) is 12.1. The molecule has 1 unspecified atom stereocenters. The fourth-order valence-corrected chi connectivity index (χ4v) is 3.85. The Morgan fingerprint density at radius 3 is 2.76 bits per heavy atom. The van der Waals surface area contributed by atoms with E-state index in [0.29, 0.717) is 16.7 Å². The third-order valence-electron chi connectivity index (χ3n) is 3.75. The quantitative estimate of drug-likeness (QED) is 0.769. The molecule has 0 saturated carbocycles. The van der Waals surface area contributed by atoms with Gasteiger partial charge in [-0.15, -0.1) is 0 Å². The lowest BCUT2D eigenvalue weighted by atomic mass is 10.1. The number of hydrogen-bond acceptors (Lipinski definition) is 5. The molecule has 0 amide bonds. The number of benzene rings is 2. The first-order valence-corrected chi connectivity index (χ1v) is 8.03. The van der Waals surface area contributed by atoms with Gasteiger partial charge in [-0.25, -0.2) is 0 Å². The van der Waals surface area contributed by atoms with Crippen molar-refractivity contribution in [3.05, 3.63) is 42.2 Å². The van der Waals surface area contributed by atoms with Crippen LogP contribution in [0.3, 0.4) is 0 Å². The van der Waals surface area contributed by atoms with Crippen LogP contribution >= 0.6 is 11.8 Å². The number of hydrogen-bond donors (Lipinski definition) is 1. The van der Waals surface area contributed by atoms with E-state index < -0.39 is 0 Å². The van der Waals surface area contributed by atoms with Crippen molar-refractivity contribution in [2.45, 2.75) is 18.1 Å². The molecule has 0 aliphatic carbocycles. The summed E-state index contributed by atoms with van der Waals surface area (Å²) in [5.74, 6) is 2.44. The third kappa shape index (κ3) is 2.27. The number of fused-ring (bicyclic) bond motifs is 1. The largest absolute Gasteiger partial charge is 0.507 e. The summed E-state index contributed by atoms with van der Waals surface area (Å²) in [6.45, 7) is 0. The number of thioether (sulfide) groups is 1. The minimum Gasteiger partial charge on any atom is -0.507 e. The highest BCUT2D eigenvalue weighted by Gasteiger charge is 2.24. The van der Waals surface area contributed by atoms with Gasteiger partial charge in [0.15, 0.2) is 5.82 Å². The topological polar surface area (TPSA) is 59.2 Å². The van der Waals surface area contributed by atoms with Crippen molar-refractivity contribution >= 4 is 22.5 Å². The standard InChI is InChI=1S/C16H14N2O2S/c19-13-9-11-5-2-1-4-10(11)8-12(13)16-17-15(18-20-16)14-6-3-7-21-14/h1-2,4-5,8-9,14,19H,3,6-7H2. The van der Waals surface area contributed by atoms with E-state index in [1.54, 1.807) is 6.07 Å². The van der Waals surface area contributed by atoms with Crippen LogP contribution in [0.15, 0.2) is 40.9 Å². The van der Waals surface area contributed by atoms with E-state index in [1.807, 2.05) is 42.1 Å². The molecule has 1 aliphatic rings. The Balaban J connectivity index is 1.77. The van der Waals surface area contributed by atoms with Gasteiger partial charge in [0, 0.05) is 0 Å². The van der Waals surface area contributed by atoms with Crippen molar-refractivity contribution < 1.29 is 9.63 Å². The molecule has 1 saturated heterocycles. The molecule has 1 fully saturated rings. The van der Waals surface area contributed by atoms with Crippen molar-refractivity contribution in [2.75, 3.05) is 5.75 Å². The zero-order chi connectivity index (χ0) is 14.2. The summed E-state index contributed by atoms with van der Waals surface area (Å²) in [4.78, 5) is 4.47. The minimum atomic E-state index is 0.169. The maximum absolute atomic E-state index is 10.2. The molecular weight excluding hydrogens is 284 g/mol. The van der Waals surface area contributed by atoms with Gasteiger partial charge in [-0.05, 0) is 41.5 Å². The Morgan fingerprint density at radius 2 is 2.00 bits per heavy atom. The fourth-order valence-electron chi connectivity index (χ4n) is 2.66. The summed E-state index contributed by atoms with van der Waals surface area (Å²) in [6, 6.07) is 11.5. The summed E-state index contributed by atoms with van der Waals surface area (Å²) in [7, 11) is 0. The minimum absolute atomic E-state index is 0.169. The SMILES string of the molecule is Oc1cc2ccccc2cc1-c1nc(C2CCCS2)no1. The predicted molar refractivity (Wildman–Crippen MR) is 83.3 cm³/mol. The van der Waals surface area contributed by atoms with E-state index in [1.165, 1.54) is 6.42 Å². The van der Waals surface area contributed by atoms with Gasteiger partial charge in [-0.2, -0.15) is 16.7 Å². The molecule has 2 heterocycles. The van der Waals surface area contributed by atoms with E-state index in [9.17, 15) is 5.11 Å². The number of phenolic OH excluding ortho intramolecular Hbond substituents is 1. The molecule has 21 heavy (non-hydrogen) atoms. The van der Waals surface area contributed by atoms with Gasteiger partial charge in [0.1, 0.15) is 5.75 Å². The number of rotatable bonds is 2. The Morgan fingerprint density at radius 1 is 1.19 bits per heavy atom.